The molecule has 2 amide bonds. The van der Waals surface area contributed by atoms with Crippen LogP contribution in [0.25, 0.3) is 0 Å². The number of hydrogen-bond acceptors (Lipinski definition) is 4. The minimum atomic E-state index is -4.15. The number of nitrogens with zero attached hydrogens (tertiary/aromatic N) is 2. The largest absolute Gasteiger partial charge is 0.355 e. The number of sulfonamides is 1. The number of hydrogen-bond donors (Lipinski definition) is 1. The quantitative estimate of drug-likeness (QED) is 0.199. The molecule has 0 aromatic heterocycles. The third-order valence-electron chi connectivity index (χ3n) is 6.65. The summed E-state index contributed by atoms with van der Waals surface area (Å²) in [6, 6.07) is 30.2. The lowest BCUT2D eigenvalue weighted by Crippen LogP contribution is -2.53. The maximum atomic E-state index is 14.3. The zero-order chi connectivity index (χ0) is 30.1. The molecule has 0 aliphatic heterocycles. The summed E-state index contributed by atoms with van der Waals surface area (Å²) >= 11 is 9.89. The van der Waals surface area contributed by atoms with Crippen LogP contribution >= 0.6 is 27.5 Å². The van der Waals surface area contributed by atoms with Gasteiger partial charge in [0.15, 0.2) is 0 Å². The van der Waals surface area contributed by atoms with Crippen molar-refractivity contribution in [2.24, 2.45) is 0 Å². The van der Waals surface area contributed by atoms with Crippen molar-refractivity contribution in [3.63, 3.8) is 0 Å². The summed E-state index contributed by atoms with van der Waals surface area (Å²) in [6.07, 6.45) is 0.229. The van der Waals surface area contributed by atoms with Gasteiger partial charge in [-0.1, -0.05) is 94.3 Å². The maximum Gasteiger partial charge on any atom is 0.264 e. The number of anilines is 1. The standard InChI is InChI=1S/C32H31BrClN3O4S/c1-2-35-32(39)30(21-24-11-5-3-6-12-24)36(22-25-13-9-10-16-29(25)34)31(38)23-37(27-19-17-26(33)18-20-27)42(40,41)28-14-7-4-8-15-28/h3-20,30H,2,21-23H2,1H3,(H,35,39). The Morgan fingerprint density at radius 3 is 2.07 bits per heavy atom. The maximum absolute atomic E-state index is 14.3. The Labute approximate surface area is 260 Å². The summed E-state index contributed by atoms with van der Waals surface area (Å²) in [7, 11) is -4.15. The summed E-state index contributed by atoms with van der Waals surface area (Å²) in [5, 5.41) is 3.28. The first kappa shape index (κ1) is 31.3. The normalized spacial score (nSPS) is 11.9. The smallest absolute Gasteiger partial charge is 0.264 e. The highest BCUT2D eigenvalue weighted by atomic mass is 79.9. The van der Waals surface area contributed by atoms with E-state index in [2.05, 4.69) is 21.2 Å². The second kappa shape index (κ2) is 14.5. The molecule has 4 rings (SSSR count). The second-order valence-corrected chi connectivity index (χ2v) is 12.7. The summed E-state index contributed by atoms with van der Waals surface area (Å²) in [5.41, 5.74) is 1.80. The van der Waals surface area contributed by atoms with Gasteiger partial charge in [-0.05, 0) is 60.5 Å². The zero-order valence-electron chi connectivity index (χ0n) is 23.0. The van der Waals surface area contributed by atoms with E-state index in [1.54, 1.807) is 73.7 Å². The summed E-state index contributed by atoms with van der Waals surface area (Å²) in [5.74, 6) is -0.896. The Kier molecular flexibility index (Phi) is 10.8. The molecular formula is C32H31BrClN3O4S. The van der Waals surface area contributed by atoms with Gasteiger partial charge in [0.1, 0.15) is 12.6 Å². The number of likely N-dealkylation sites (N-methyl/N-ethyl adjacent to an activating group) is 1. The molecule has 42 heavy (non-hydrogen) atoms. The average Bonchev–Trinajstić information content (AvgIpc) is 3.00. The van der Waals surface area contributed by atoms with Gasteiger partial charge in [-0.25, -0.2) is 8.42 Å². The van der Waals surface area contributed by atoms with Gasteiger partial charge in [0.25, 0.3) is 10.0 Å². The lowest BCUT2D eigenvalue weighted by Gasteiger charge is -2.34. The van der Waals surface area contributed by atoms with Gasteiger partial charge in [0.2, 0.25) is 11.8 Å². The molecule has 0 bridgehead atoms. The molecule has 4 aromatic rings. The van der Waals surface area contributed by atoms with Crippen molar-refractivity contribution in [1.29, 1.82) is 0 Å². The Balaban J connectivity index is 1.79. The predicted molar refractivity (Wildman–Crippen MR) is 170 cm³/mol. The summed E-state index contributed by atoms with van der Waals surface area (Å²) in [4.78, 5) is 29.3. The van der Waals surface area contributed by atoms with Crippen molar-refractivity contribution in [3.8, 4) is 0 Å². The molecule has 10 heteroatoms. The van der Waals surface area contributed by atoms with E-state index >= 15 is 0 Å². The van der Waals surface area contributed by atoms with E-state index in [-0.39, 0.29) is 23.8 Å². The van der Waals surface area contributed by atoms with Crippen LogP contribution in [0.4, 0.5) is 5.69 Å². The van der Waals surface area contributed by atoms with Gasteiger partial charge in [-0.15, -0.1) is 0 Å². The first-order valence-electron chi connectivity index (χ1n) is 13.4. The molecular weight excluding hydrogens is 638 g/mol. The second-order valence-electron chi connectivity index (χ2n) is 9.51. The minimum Gasteiger partial charge on any atom is -0.355 e. The fourth-order valence-electron chi connectivity index (χ4n) is 4.51. The molecule has 4 aromatic carbocycles. The molecule has 1 N–H and O–H groups in total. The first-order valence-corrected chi connectivity index (χ1v) is 16.0. The number of benzene rings is 4. The van der Waals surface area contributed by atoms with Crippen LogP contribution in [-0.2, 0) is 32.6 Å². The van der Waals surface area contributed by atoms with Crippen LogP contribution in [0.3, 0.4) is 0 Å². The van der Waals surface area contributed by atoms with Crippen molar-refractivity contribution in [3.05, 3.63) is 130 Å². The summed E-state index contributed by atoms with van der Waals surface area (Å²) in [6.45, 7) is 1.64. The van der Waals surface area contributed by atoms with Gasteiger partial charge >= 0.3 is 0 Å². The molecule has 1 unspecified atom stereocenters. The molecule has 0 saturated carbocycles. The van der Waals surface area contributed by atoms with E-state index in [0.717, 1.165) is 14.3 Å². The molecule has 7 nitrogen and oxygen atoms in total. The van der Waals surface area contributed by atoms with Crippen LogP contribution in [-0.4, -0.2) is 44.3 Å². The SMILES string of the molecule is CCNC(=O)C(Cc1ccccc1)N(Cc1ccccc1Cl)C(=O)CN(c1ccc(Br)cc1)S(=O)(=O)c1ccccc1. The van der Waals surface area contributed by atoms with Crippen molar-refractivity contribution < 1.29 is 18.0 Å². The third-order valence-corrected chi connectivity index (χ3v) is 9.33. The Morgan fingerprint density at radius 2 is 1.45 bits per heavy atom. The first-order chi connectivity index (χ1) is 20.2. The molecule has 0 spiro atoms. The Morgan fingerprint density at radius 1 is 0.857 bits per heavy atom. The molecule has 0 fully saturated rings. The molecule has 0 aliphatic rings. The van der Waals surface area contributed by atoms with Crippen molar-refractivity contribution in [2.45, 2.75) is 30.8 Å². The molecule has 0 heterocycles. The van der Waals surface area contributed by atoms with Crippen LogP contribution in [0.2, 0.25) is 5.02 Å². The highest BCUT2D eigenvalue weighted by molar-refractivity contribution is 9.10. The lowest BCUT2D eigenvalue weighted by atomic mass is 10.0. The van der Waals surface area contributed by atoms with Crippen LogP contribution in [0.5, 0.6) is 0 Å². The lowest BCUT2D eigenvalue weighted by molar-refractivity contribution is -0.140. The number of nitrogens with one attached hydrogen (secondary N) is 1. The van der Waals surface area contributed by atoms with Gasteiger partial charge in [0, 0.05) is 29.0 Å². The summed E-state index contributed by atoms with van der Waals surface area (Å²) < 4.78 is 29.7. The number of amides is 2. The van der Waals surface area contributed by atoms with Gasteiger partial charge in [-0.2, -0.15) is 0 Å². The number of rotatable bonds is 12. The third kappa shape index (κ3) is 7.79. The predicted octanol–water partition coefficient (Wildman–Crippen LogP) is 6.07. The molecule has 218 valence electrons. The number of halogens is 2. The fraction of sp³-hybridized carbons (Fsp3) is 0.188. The van der Waals surface area contributed by atoms with Gasteiger partial charge < -0.3 is 10.2 Å². The van der Waals surface area contributed by atoms with Crippen molar-refractivity contribution >= 4 is 55.1 Å². The number of carbonyl (C=O) groups is 2. The Hall–Kier alpha value is -3.66. The molecule has 0 saturated heterocycles. The van der Waals surface area contributed by atoms with Crippen molar-refractivity contribution in [2.75, 3.05) is 17.4 Å². The van der Waals surface area contributed by atoms with E-state index in [9.17, 15) is 18.0 Å². The van der Waals surface area contributed by atoms with Crippen LogP contribution < -0.4 is 9.62 Å². The fourth-order valence-corrected chi connectivity index (χ4v) is 6.41. The van der Waals surface area contributed by atoms with E-state index < -0.39 is 28.5 Å². The molecule has 1 atom stereocenters. The van der Waals surface area contributed by atoms with Crippen LogP contribution in [0.15, 0.2) is 119 Å². The topological polar surface area (TPSA) is 86.8 Å². The van der Waals surface area contributed by atoms with E-state index in [0.29, 0.717) is 22.8 Å². The monoisotopic (exact) mass is 667 g/mol. The van der Waals surface area contributed by atoms with Gasteiger partial charge in [-0.3, -0.25) is 13.9 Å². The van der Waals surface area contributed by atoms with Crippen LogP contribution in [0.1, 0.15) is 18.1 Å². The van der Waals surface area contributed by atoms with E-state index in [1.165, 1.54) is 17.0 Å². The molecule has 0 radical (unpaired) electrons. The average molecular weight is 669 g/mol. The minimum absolute atomic E-state index is 0.00665. The molecule has 0 aliphatic carbocycles. The highest BCUT2D eigenvalue weighted by Crippen LogP contribution is 2.27. The van der Waals surface area contributed by atoms with Crippen molar-refractivity contribution in [1.82, 2.24) is 10.2 Å². The van der Waals surface area contributed by atoms with Gasteiger partial charge in [0.05, 0.1) is 10.6 Å². The Bertz CT molecular complexity index is 1600. The van der Waals surface area contributed by atoms with E-state index in [1.807, 2.05) is 30.3 Å². The van der Waals surface area contributed by atoms with E-state index in [4.69, 9.17) is 11.6 Å². The number of carbonyl (C=O) groups excluding carboxylic acids is 2. The van der Waals surface area contributed by atoms with Crippen LogP contribution in [0, 0.1) is 0 Å². The highest BCUT2D eigenvalue weighted by Gasteiger charge is 2.34. The zero-order valence-corrected chi connectivity index (χ0v) is 26.1.